The van der Waals surface area contributed by atoms with Gasteiger partial charge in [0.25, 0.3) is 11.7 Å². The molecule has 5 rings (SSSR count). The van der Waals surface area contributed by atoms with Gasteiger partial charge in [-0.25, -0.2) is 0 Å². The molecule has 0 radical (unpaired) electrons. The number of anilines is 1. The number of amides is 1. The lowest BCUT2D eigenvalue weighted by atomic mass is 9.94. The summed E-state index contributed by atoms with van der Waals surface area (Å²) in [5, 5.41) is 12.6. The molecule has 2 N–H and O–H groups in total. The van der Waals surface area contributed by atoms with E-state index in [9.17, 15) is 14.7 Å². The molecular formula is C28H23ClN2O4. The standard InChI is InChI=1S/C28H23ClN2O4/c1-3-35-18-11-12-22(29)20(14-18)26(32)24-25(21-15-30-23-10-5-4-9-19(21)23)31(28(34)27(24)33)17-8-6-7-16(2)13-17/h4-15,25,30,32H,3H2,1-2H3/b26-24+. The van der Waals surface area contributed by atoms with Crippen LogP contribution in [0.2, 0.25) is 5.02 Å². The molecule has 6 nitrogen and oxygen atoms in total. The van der Waals surface area contributed by atoms with Crippen molar-refractivity contribution in [3.63, 3.8) is 0 Å². The summed E-state index contributed by atoms with van der Waals surface area (Å²) in [6, 6.07) is 19.0. The molecule has 3 aromatic carbocycles. The van der Waals surface area contributed by atoms with Gasteiger partial charge in [0.1, 0.15) is 11.5 Å². The van der Waals surface area contributed by atoms with Crippen LogP contribution in [0.3, 0.4) is 0 Å². The second-order valence-corrected chi connectivity index (χ2v) is 8.78. The Kier molecular flexibility index (Phi) is 5.83. The van der Waals surface area contributed by atoms with E-state index in [0.717, 1.165) is 16.5 Å². The minimum atomic E-state index is -0.861. The van der Waals surface area contributed by atoms with Crippen LogP contribution in [0.25, 0.3) is 16.7 Å². The molecule has 2 heterocycles. The summed E-state index contributed by atoms with van der Waals surface area (Å²) in [6.07, 6.45) is 1.77. The average Bonchev–Trinajstić information content (AvgIpc) is 3.38. The number of aliphatic hydroxyl groups is 1. The van der Waals surface area contributed by atoms with Crippen molar-refractivity contribution in [1.29, 1.82) is 0 Å². The SMILES string of the molecule is CCOc1ccc(Cl)c(/C(O)=C2\C(=O)C(=O)N(c3cccc(C)c3)C2c2c[nH]c3ccccc23)c1. The van der Waals surface area contributed by atoms with E-state index < -0.39 is 17.7 Å². The smallest absolute Gasteiger partial charge is 0.300 e. The van der Waals surface area contributed by atoms with E-state index in [-0.39, 0.29) is 21.9 Å². The van der Waals surface area contributed by atoms with Crippen molar-refractivity contribution in [2.75, 3.05) is 11.5 Å². The van der Waals surface area contributed by atoms with Gasteiger partial charge < -0.3 is 14.8 Å². The van der Waals surface area contributed by atoms with Crippen LogP contribution in [-0.4, -0.2) is 28.4 Å². The third-order valence-corrected chi connectivity index (χ3v) is 6.47. The lowest BCUT2D eigenvalue weighted by Crippen LogP contribution is -2.29. The molecule has 4 aromatic rings. The summed E-state index contributed by atoms with van der Waals surface area (Å²) < 4.78 is 5.56. The molecule has 0 saturated carbocycles. The maximum absolute atomic E-state index is 13.5. The van der Waals surface area contributed by atoms with E-state index >= 15 is 0 Å². The average molecular weight is 487 g/mol. The second-order valence-electron chi connectivity index (χ2n) is 8.37. The quantitative estimate of drug-likeness (QED) is 0.201. The number of ketones is 1. The van der Waals surface area contributed by atoms with Gasteiger partial charge in [-0.3, -0.25) is 14.5 Å². The Balaban J connectivity index is 1.78. The van der Waals surface area contributed by atoms with Gasteiger partial charge in [0.2, 0.25) is 0 Å². The Morgan fingerprint density at radius 2 is 1.89 bits per heavy atom. The Bertz CT molecular complexity index is 1500. The number of benzene rings is 3. The van der Waals surface area contributed by atoms with Crippen molar-refractivity contribution < 1.29 is 19.4 Å². The van der Waals surface area contributed by atoms with E-state index in [0.29, 0.717) is 23.6 Å². The first-order valence-electron chi connectivity index (χ1n) is 11.3. The number of fused-ring (bicyclic) bond motifs is 1. The first kappa shape index (κ1) is 22.7. The van der Waals surface area contributed by atoms with Gasteiger partial charge in [-0.15, -0.1) is 0 Å². The number of hydrogen-bond acceptors (Lipinski definition) is 4. The van der Waals surface area contributed by atoms with Crippen molar-refractivity contribution >= 4 is 45.6 Å². The van der Waals surface area contributed by atoms with Crippen LogP contribution in [0.1, 0.15) is 29.7 Å². The molecular weight excluding hydrogens is 464 g/mol. The van der Waals surface area contributed by atoms with Gasteiger partial charge in [0.15, 0.2) is 0 Å². The molecule has 1 unspecified atom stereocenters. The number of halogens is 1. The zero-order chi connectivity index (χ0) is 24.7. The van der Waals surface area contributed by atoms with Gasteiger partial charge in [-0.05, 0) is 55.8 Å². The summed E-state index contributed by atoms with van der Waals surface area (Å²) in [4.78, 5) is 31.5. The Morgan fingerprint density at radius 1 is 1.09 bits per heavy atom. The zero-order valence-corrected chi connectivity index (χ0v) is 20.0. The number of carbonyl (C=O) groups excluding carboxylic acids is 2. The highest BCUT2D eigenvalue weighted by molar-refractivity contribution is 6.52. The predicted molar refractivity (Wildman–Crippen MR) is 137 cm³/mol. The number of H-pyrrole nitrogens is 1. The van der Waals surface area contributed by atoms with E-state index in [1.54, 1.807) is 30.5 Å². The molecule has 1 aromatic heterocycles. The number of rotatable bonds is 5. The third-order valence-electron chi connectivity index (χ3n) is 6.14. The first-order chi connectivity index (χ1) is 16.9. The van der Waals surface area contributed by atoms with Gasteiger partial charge in [0, 0.05) is 33.9 Å². The lowest BCUT2D eigenvalue weighted by molar-refractivity contribution is -0.132. The van der Waals surface area contributed by atoms with Crippen molar-refractivity contribution in [2.24, 2.45) is 0 Å². The molecule has 0 aliphatic carbocycles. The first-order valence-corrected chi connectivity index (χ1v) is 11.6. The number of aryl methyl sites for hydroxylation is 1. The highest BCUT2D eigenvalue weighted by atomic mass is 35.5. The number of ether oxygens (including phenoxy) is 1. The summed E-state index contributed by atoms with van der Waals surface area (Å²) in [5.41, 5.74) is 3.25. The predicted octanol–water partition coefficient (Wildman–Crippen LogP) is 6.15. The number of nitrogens with zero attached hydrogens (tertiary/aromatic N) is 1. The maximum atomic E-state index is 13.5. The number of aromatic amines is 1. The van der Waals surface area contributed by atoms with Crippen LogP contribution in [0.4, 0.5) is 5.69 Å². The van der Waals surface area contributed by atoms with Crippen LogP contribution in [0.5, 0.6) is 5.75 Å². The van der Waals surface area contributed by atoms with Gasteiger partial charge in [0.05, 0.1) is 23.2 Å². The van der Waals surface area contributed by atoms with E-state index in [2.05, 4.69) is 4.98 Å². The fourth-order valence-corrected chi connectivity index (χ4v) is 4.79. The lowest BCUT2D eigenvalue weighted by Gasteiger charge is -2.25. The van der Waals surface area contributed by atoms with Gasteiger partial charge in [-0.2, -0.15) is 0 Å². The molecule has 1 amide bonds. The number of Topliss-reactive ketones (excluding diaryl/α,β-unsaturated/α-hetero) is 1. The maximum Gasteiger partial charge on any atom is 0.300 e. The largest absolute Gasteiger partial charge is 0.507 e. The van der Waals surface area contributed by atoms with Crippen LogP contribution in [0.15, 0.2) is 78.5 Å². The molecule has 176 valence electrons. The number of hydrogen-bond donors (Lipinski definition) is 2. The number of aromatic nitrogens is 1. The van der Waals surface area contributed by atoms with Crippen LogP contribution in [0, 0.1) is 6.92 Å². The van der Waals surface area contributed by atoms with Crippen LogP contribution < -0.4 is 9.64 Å². The fraction of sp³-hybridized carbons (Fsp3) is 0.143. The molecule has 1 aliphatic heterocycles. The molecule has 0 spiro atoms. The van der Waals surface area contributed by atoms with E-state index in [1.165, 1.54) is 4.90 Å². The number of para-hydroxylation sites is 1. The summed E-state index contributed by atoms with van der Waals surface area (Å²) in [6.45, 7) is 4.19. The van der Waals surface area contributed by atoms with Gasteiger partial charge in [-0.1, -0.05) is 41.9 Å². The Morgan fingerprint density at radius 3 is 2.66 bits per heavy atom. The third kappa shape index (κ3) is 3.86. The molecule has 1 aliphatic rings. The molecule has 1 fully saturated rings. The van der Waals surface area contributed by atoms with E-state index in [4.69, 9.17) is 16.3 Å². The molecule has 1 atom stereocenters. The van der Waals surface area contributed by atoms with Crippen LogP contribution in [-0.2, 0) is 9.59 Å². The Labute approximate surface area is 207 Å². The highest BCUT2D eigenvalue weighted by Crippen LogP contribution is 2.45. The minimum absolute atomic E-state index is 0.0307. The number of nitrogens with one attached hydrogen (secondary N) is 1. The molecule has 7 heteroatoms. The number of aliphatic hydroxyl groups excluding tert-OH is 1. The highest BCUT2D eigenvalue weighted by Gasteiger charge is 2.48. The summed E-state index contributed by atoms with van der Waals surface area (Å²) in [5.74, 6) is -1.35. The number of carbonyl (C=O) groups is 2. The van der Waals surface area contributed by atoms with Crippen molar-refractivity contribution in [2.45, 2.75) is 19.9 Å². The van der Waals surface area contributed by atoms with Crippen molar-refractivity contribution in [3.8, 4) is 5.75 Å². The fourth-order valence-electron chi connectivity index (χ4n) is 4.58. The Hall–Kier alpha value is -4.03. The van der Waals surface area contributed by atoms with Crippen molar-refractivity contribution in [1.82, 2.24) is 4.98 Å². The van der Waals surface area contributed by atoms with Crippen molar-refractivity contribution in [3.05, 3.63) is 100 Å². The topological polar surface area (TPSA) is 82.6 Å². The minimum Gasteiger partial charge on any atom is -0.507 e. The molecule has 0 bridgehead atoms. The summed E-state index contributed by atoms with van der Waals surface area (Å²) in [7, 11) is 0. The monoisotopic (exact) mass is 486 g/mol. The van der Waals surface area contributed by atoms with Gasteiger partial charge >= 0.3 is 0 Å². The summed E-state index contributed by atoms with van der Waals surface area (Å²) >= 11 is 6.43. The molecule has 1 saturated heterocycles. The van der Waals surface area contributed by atoms with Crippen LogP contribution >= 0.6 is 11.6 Å². The second kappa shape index (κ2) is 8.96. The molecule has 35 heavy (non-hydrogen) atoms. The zero-order valence-electron chi connectivity index (χ0n) is 19.2. The van der Waals surface area contributed by atoms with E-state index in [1.807, 2.05) is 56.3 Å². The normalized spacial score (nSPS) is 17.3.